The molecule has 1 aromatic carbocycles. The Morgan fingerprint density at radius 3 is 2.55 bits per heavy atom. The van der Waals surface area contributed by atoms with Gasteiger partial charge in [0.1, 0.15) is 11.6 Å². The quantitative estimate of drug-likeness (QED) is 0.825. The fourth-order valence-corrected chi connectivity index (χ4v) is 2.58. The van der Waals surface area contributed by atoms with Crippen LogP contribution in [-0.2, 0) is 4.74 Å². The van der Waals surface area contributed by atoms with Crippen LogP contribution in [-0.4, -0.2) is 56.7 Å². The zero-order valence-corrected chi connectivity index (χ0v) is 12.1. The summed E-state index contributed by atoms with van der Waals surface area (Å²) in [6.07, 6.45) is 0.815. The first-order valence-corrected chi connectivity index (χ1v) is 6.99. The van der Waals surface area contributed by atoms with E-state index in [1.807, 2.05) is 14.1 Å². The van der Waals surface area contributed by atoms with Gasteiger partial charge >= 0.3 is 0 Å². The Morgan fingerprint density at radius 2 is 1.95 bits per heavy atom. The van der Waals surface area contributed by atoms with E-state index in [4.69, 9.17) is 4.74 Å². The van der Waals surface area contributed by atoms with Crippen molar-refractivity contribution in [1.82, 2.24) is 9.80 Å². The van der Waals surface area contributed by atoms with Crippen molar-refractivity contribution in [2.24, 2.45) is 0 Å². The summed E-state index contributed by atoms with van der Waals surface area (Å²) in [6, 6.07) is 3.85. The molecule has 1 saturated heterocycles. The van der Waals surface area contributed by atoms with E-state index in [2.05, 4.69) is 9.80 Å². The van der Waals surface area contributed by atoms with Crippen molar-refractivity contribution >= 4 is 0 Å². The van der Waals surface area contributed by atoms with Crippen molar-refractivity contribution in [2.75, 3.05) is 46.9 Å². The molecule has 0 bridgehead atoms. The predicted octanol–water partition coefficient (Wildman–Crippen LogP) is 2.29. The van der Waals surface area contributed by atoms with Crippen LogP contribution in [0.25, 0.3) is 0 Å². The molecule has 1 aliphatic rings. The number of halogens is 2. The van der Waals surface area contributed by atoms with Crippen LogP contribution in [0, 0.1) is 11.6 Å². The molecule has 0 aliphatic carbocycles. The van der Waals surface area contributed by atoms with Crippen LogP contribution in [0.1, 0.15) is 18.0 Å². The second-order valence-electron chi connectivity index (χ2n) is 5.42. The highest BCUT2D eigenvalue weighted by atomic mass is 19.1. The lowest BCUT2D eigenvalue weighted by atomic mass is 10.0. The van der Waals surface area contributed by atoms with Gasteiger partial charge in [-0.05, 0) is 33.1 Å². The summed E-state index contributed by atoms with van der Waals surface area (Å²) in [6.45, 7) is 3.77. The summed E-state index contributed by atoms with van der Waals surface area (Å²) < 4.78 is 32.5. The molecule has 5 heteroatoms. The van der Waals surface area contributed by atoms with Crippen molar-refractivity contribution in [1.29, 1.82) is 0 Å². The molecule has 1 atom stereocenters. The van der Waals surface area contributed by atoms with Crippen LogP contribution in [0.2, 0.25) is 0 Å². The highest BCUT2D eigenvalue weighted by Gasteiger charge is 2.25. The third-order valence-corrected chi connectivity index (χ3v) is 3.66. The Balaban J connectivity index is 2.19. The van der Waals surface area contributed by atoms with Crippen molar-refractivity contribution in [3.05, 3.63) is 35.4 Å². The minimum Gasteiger partial charge on any atom is -0.379 e. The zero-order valence-electron chi connectivity index (χ0n) is 12.1. The van der Waals surface area contributed by atoms with Crippen molar-refractivity contribution in [3.63, 3.8) is 0 Å². The minimum absolute atomic E-state index is 0.0260. The summed E-state index contributed by atoms with van der Waals surface area (Å²) in [5.41, 5.74) is 0.579. The number of hydrogen-bond acceptors (Lipinski definition) is 3. The van der Waals surface area contributed by atoms with Gasteiger partial charge < -0.3 is 9.64 Å². The maximum atomic E-state index is 14.1. The highest BCUT2D eigenvalue weighted by Crippen LogP contribution is 2.28. The molecule has 1 aliphatic heterocycles. The summed E-state index contributed by atoms with van der Waals surface area (Å²) in [5, 5.41) is 0. The second-order valence-corrected chi connectivity index (χ2v) is 5.42. The van der Waals surface area contributed by atoms with E-state index < -0.39 is 11.6 Å². The van der Waals surface area contributed by atoms with Crippen LogP contribution in [0.5, 0.6) is 0 Å². The molecule has 20 heavy (non-hydrogen) atoms. The summed E-state index contributed by atoms with van der Waals surface area (Å²) >= 11 is 0. The van der Waals surface area contributed by atoms with Gasteiger partial charge in [-0.1, -0.05) is 6.07 Å². The molecule has 1 unspecified atom stereocenters. The van der Waals surface area contributed by atoms with Gasteiger partial charge in [0, 0.05) is 30.8 Å². The standard InChI is InChI=1S/C15H22F2N2O/c1-18(2)6-5-15(19-7-9-20-10-8-19)13-4-3-12(16)11-14(13)17/h3-4,11,15H,5-10H2,1-2H3. The lowest BCUT2D eigenvalue weighted by molar-refractivity contribution is 0.0121. The largest absolute Gasteiger partial charge is 0.379 e. The van der Waals surface area contributed by atoms with Crippen molar-refractivity contribution in [2.45, 2.75) is 12.5 Å². The van der Waals surface area contributed by atoms with E-state index >= 15 is 0 Å². The van der Waals surface area contributed by atoms with E-state index in [9.17, 15) is 8.78 Å². The average Bonchev–Trinajstić information content (AvgIpc) is 2.42. The van der Waals surface area contributed by atoms with Crippen molar-refractivity contribution in [3.8, 4) is 0 Å². The summed E-state index contributed by atoms with van der Waals surface area (Å²) in [4.78, 5) is 4.30. The first-order valence-electron chi connectivity index (χ1n) is 6.99. The maximum absolute atomic E-state index is 14.1. The van der Waals surface area contributed by atoms with Crippen LogP contribution in [0.3, 0.4) is 0 Å². The molecule has 3 nitrogen and oxygen atoms in total. The molecule has 2 rings (SSSR count). The lowest BCUT2D eigenvalue weighted by Gasteiger charge is -2.35. The average molecular weight is 284 g/mol. The van der Waals surface area contributed by atoms with Gasteiger partial charge in [0.2, 0.25) is 0 Å². The smallest absolute Gasteiger partial charge is 0.130 e. The van der Waals surface area contributed by atoms with Gasteiger partial charge in [0.15, 0.2) is 0 Å². The van der Waals surface area contributed by atoms with E-state index in [1.54, 1.807) is 6.07 Å². The van der Waals surface area contributed by atoms with Gasteiger partial charge in [0.05, 0.1) is 13.2 Å². The number of rotatable bonds is 5. The predicted molar refractivity (Wildman–Crippen MR) is 74.7 cm³/mol. The fraction of sp³-hybridized carbons (Fsp3) is 0.600. The molecule has 1 fully saturated rings. The van der Waals surface area contributed by atoms with E-state index in [1.165, 1.54) is 6.07 Å². The SMILES string of the molecule is CN(C)CCC(c1ccc(F)cc1F)N1CCOCC1. The van der Waals surface area contributed by atoms with Crippen LogP contribution in [0.15, 0.2) is 18.2 Å². The normalized spacial score (nSPS) is 18.4. The highest BCUT2D eigenvalue weighted by molar-refractivity contribution is 5.22. The number of benzene rings is 1. The minimum atomic E-state index is -0.528. The Hall–Kier alpha value is -1.04. The summed E-state index contributed by atoms with van der Waals surface area (Å²) in [5.74, 6) is -0.986. The Morgan fingerprint density at radius 1 is 1.25 bits per heavy atom. The number of nitrogens with zero attached hydrogens (tertiary/aromatic N) is 2. The number of morpholine rings is 1. The molecule has 1 heterocycles. The van der Waals surface area contributed by atoms with Crippen LogP contribution in [0.4, 0.5) is 8.78 Å². The van der Waals surface area contributed by atoms with E-state index in [-0.39, 0.29) is 6.04 Å². The molecule has 1 aromatic rings. The maximum Gasteiger partial charge on any atom is 0.130 e. The van der Waals surface area contributed by atoms with Crippen molar-refractivity contribution < 1.29 is 13.5 Å². The monoisotopic (exact) mass is 284 g/mol. The van der Waals surface area contributed by atoms with Gasteiger partial charge in [-0.2, -0.15) is 0 Å². The summed E-state index contributed by atoms with van der Waals surface area (Å²) in [7, 11) is 3.99. The van der Waals surface area contributed by atoms with Crippen LogP contribution < -0.4 is 0 Å². The van der Waals surface area contributed by atoms with Gasteiger partial charge in [-0.15, -0.1) is 0 Å². The molecule has 0 radical (unpaired) electrons. The molecule has 0 amide bonds. The van der Waals surface area contributed by atoms with Gasteiger partial charge in [-0.25, -0.2) is 8.78 Å². The first-order chi connectivity index (χ1) is 9.58. The lowest BCUT2D eigenvalue weighted by Crippen LogP contribution is -2.40. The molecule has 0 N–H and O–H groups in total. The molecular weight excluding hydrogens is 262 g/mol. The van der Waals surface area contributed by atoms with Gasteiger partial charge in [0.25, 0.3) is 0 Å². The number of hydrogen-bond donors (Lipinski definition) is 0. The molecule has 112 valence electrons. The Kier molecular flexibility index (Phi) is 5.46. The first kappa shape index (κ1) is 15.4. The Bertz CT molecular complexity index is 434. The van der Waals surface area contributed by atoms with Gasteiger partial charge in [-0.3, -0.25) is 4.90 Å². The molecule has 0 aromatic heterocycles. The van der Waals surface area contributed by atoms with Crippen LogP contribution >= 0.6 is 0 Å². The zero-order chi connectivity index (χ0) is 14.5. The third kappa shape index (κ3) is 3.98. The molecule has 0 spiro atoms. The fourth-order valence-electron chi connectivity index (χ4n) is 2.58. The molecular formula is C15H22F2N2O. The topological polar surface area (TPSA) is 15.7 Å². The van der Waals surface area contributed by atoms with E-state index in [0.29, 0.717) is 18.8 Å². The number of ether oxygens (including phenoxy) is 1. The molecule has 0 saturated carbocycles. The Labute approximate surface area is 119 Å². The second kappa shape index (κ2) is 7.11. The third-order valence-electron chi connectivity index (χ3n) is 3.66. The van der Waals surface area contributed by atoms with E-state index in [0.717, 1.165) is 32.1 Å².